The standard InChI is InChI=1S/C19H20ClNO3S/c1-4-24-19(23)16-6-5-7-17(12(16)2)21-18(22)13(3)25-15-10-8-14(20)9-11-15/h5-11,13H,4H2,1-3H3,(H,21,22)/t13-/m0/s1. The van der Waals surface area contributed by atoms with Gasteiger partial charge in [0.05, 0.1) is 17.4 Å². The van der Waals surface area contributed by atoms with Crippen LogP contribution in [0.25, 0.3) is 0 Å². The van der Waals surface area contributed by atoms with Gasteiger partial charge in [0.25, 0.3) is 0 Å². The minimum atomic E-state index is -0.389. The van der Waals surface area contributed by atoms with Crippen molar-refractivity contribution >= 4 is 40.9 Å². The summed E-state index contributed by atoms with van der Waals surface area (Å²) in [5.74, 6) is -0.524. The van der Waals surface area contributed by atoms with E-state index >= 15 is 0 Å². The maximum atomic E-state index is 12.5. The predicted molar refractivity (Wildman–Crippen MR) is 103 cm³/mol. The van der Waals surface area contributed by atoms with Gasteiger partial charge in [0, 0.05) is 15.6 Å². The first-order valence-electron chi connectivity index (χ1n) is 7.92. The van der Waals surface area contributed by atoms with Crippen LogP contribution in [-0.2, 0) is 9.53 Å². The summed E-state index contributed by atoms with van der Waals surface area (Å²) < 4.78 is 5.04. The van der Waals surface area contributed by atoms with Gasteiger partial charge in [-0.05, 0) is 62.7 Å². The molecular formula is C19H20ClNO3S. The van der Waals surface area contributed by atoms with Crippen LogP contribution in [0.4, 0.5) is 5.69 Å². The number of carbonyl (C=O) groups is 2. The highest BCUT2D eigenvalue weighted by Gasteiger charge is 2.18. The van der Waals surface area contributed by atoms with Crippen molar-refractivity contribution in [1.82, 2.24) is 0 Å². The molecule has 0 heterocycles. The summed E-state index contributed by atoms with van der Waals surface area (Å²) in [6, 6.07) is 12.5. The summed E-state index contributed by atoms with van der Waals surface area (Å²) in [7, 11) is 0. The molecule has 2 aromatic rings. The summed E-state index contributed by atoms with van der Waals surface area (Å²) in [5, 5.41) is 3.25. The third kappa shape index (κ3) is 5.25. The number of rotatable bonds is 6. The van der Waals surface area contributed by atoms with Crippen LogP contribution >= 0.6 is 23.4 Å². The predicted octanol–water partition coefficient (Wildman–Crippen LogP) is 4.94. The van der Waals surface area contributed by atoms with Crippen LogP contribution in [0, 0.1) is 6.92 Å². The van der Waals surface area contributed by atoms with Crippen molar-refractivity contribution in [3.05, 3.63) is 58.6 Å². The third-order valence-corrected chi connectivity index (χ3v) is 4.95. The van der Waals surface area contributed by atoms with Gasteiger partial charge in [-0.25, -0.2) is 4.79 Å². The van der Waals surface area contributed by atoms with Gasteiger partial charge in [0.15, 0.2) is 0 Å². The van der Waals surface area contributed by atoms with Crippen LogP contribution in [0.2, 0.25) is 5.02 Å². The average Bonchev–Trinajstić information content (AvgIpc) is 2.58. The molecular weight excluding hydrogens is 358 g/mol. The average molecular weight is 378 g/mol. The minimum Gasteiger partial charge on any atom is -0.462 e. The van der Waals surface area contributed by atoms with E-state index in [1.807, 2.05) is 19.1 Å². The molecule has 0 radical (unpaired) electrons. The molecule has 132 valence electrons. The van der Waals surface area contributed by atoms with Gasteiger partial charge >= 0.3 is 5.97 Å². The number of halogens is 1. The number of hydrogen-bond acceptors (Lipinski definition) is 4. The fourth-order valence-electron chi connectivity index (χ4n) is 2.21. The molecule has 4 nitrogen and oxygen atoms in total. The van der Waals surface area contributed by atoms with Crippen LogP contribution in [0.15, 0.2) is 47.4 Å². The first-order chi connectivity index (χ1) is 11.9. The van der Waals surface area contributed by atoms with Crippen LogP contribution < -0.4 is 5.32 Å². The molecule has 25 heavy (non-hydrogen) atoms. The lowest BCUT2D eigenvalue weighted by Crippen LogP contribution is -2.23. The summed E-state index contributed by atoms with van der Waals surface area (Å²) in [6.07, 6.45) is 0. The Balaban J connectivity index is 2.08. The number of anilines is 1. The zero-order chi connectivity index (χ0) is 18.4. The van der Waals surface area contributed by atoms with E-state index in [1.165, 1.54) is 11.8 Å². The maximum Gasteiger partial charge on any atom is 0.338 e. The van der Waals surface area contributed by atoms with Crippen molar-refractivity contribution in [2.24, 2.45) is 0 Å². The Hall–Kier alpha value is -1.98. The Morgan fingerprint density at radius 1 is 1.20 bits per heavy atom. The van der Waals surface area contributed by atoms with Crippen LogP contribution in [-0.4, -0.2) is 23.7 Å². The van der Waals surface area contributed by atoms with Crippen molar-refractivity contribution in [2.75, 3.05) is 11.9 Å². The Labute approximate surface area is 156 Å². The molecule has 2 aromatic carbocycles. The molecule has 2 rings (SSSR count). The molecule has 0 saturated carbocycles. The molecule has 0 bridgehead atoms. The monoisotopic (exact) mass is 377 g/mol. The van der Waals surface area contributed by atoms with E-state index in [0.717, 1.165) is 4.90 Å². The Morgan fingerprint density at radius 3 is 2.52 bits per heavy atom. The lowest BCUT2D eigenvalue weighted by molar-refractivity contribution is -0.115. The molecule has 0 aromatic heterocycles. The van der Waals surface area contributed by atoms with Crippen molar-refractivity contribution in [1.29, 1.82) is 0 Å². The normalized spacial score (nSPS) is 11.7. The van der Waals surface area contributed by atoms with Gasteiger partial charge < -0.3 is 10.1 Å². The molecule has 1 atom stereocenters. The van der Waals surface area contributed by atoms with E-state index in [9.17, 15) is 9.59 Å². The fraction of sp³-hybridized carbons (Fsp3) is 0.263. The molecule has 0 aliphatic rings. The molecule has 0 spiro atoms. The van der Waals surface area contributed by atoms with E-state index in [-0.39, 0.29) is 17.1 Å². The van der Waals surface area contributed by atoms with Gasteiger partial charge in [-0.1, -0.05) is 17.7 Å². The maximum absolute atomic E-state index is 12.5. The van der Waals surface area contributed by atoms with E-state index in [0.29, 0.717) is 28.4 Å². The fourth-order valence-corrected chi connectivity index (χ4v) is 3.20. The minimum absolute atomic E-state index is 0.135. The highest BCUT2D eigenvalue weighted by Crippen LogP contribution is 2.26. The number of ether oxygens (including phenoxy) is 1. The second-order valence-electron chi connectivity index (χ2n) is 5.40. The summed E-state index contributed by atoms with van der Waals surface area (Å²) in [6.45, 7) is 5.69. The first kappa shape index (κ1) is 19.3. The van der Waals surface area contributed by atoms with Crippen molar-refractivity contribution in [3.8, 4) is 0 Å². The van der Waals surface area contributed by atoms with Crippen LogP contribution in [0.5, 0.6) is 0 Å². The largest absolute Gasteiger partial charge is 0.462 e. The third-order valence-electron chi connectivity index (χ3n) is 3.58. The van der Waals surface area contributed by atoms with E-state index in [1.54, 1.807) is 44.2 Å². The Morgan fingerprint density at radius 2 is 1.88 bits per heavy atom. The van der Waals surface area contributed by atoms with Gasteiger partial charge in [0.1, 0.15) is 0 Å². The van der Waals surface area contributed by atoms with Crippen molar-refractivity contribution in [2.45, 2.75) is 30.9 Å². The quantitative estimate of drug-likeness (QED) is 0.572. The first-order valence-corrected chi connectivity index (χ1v) is 9.18. The number of benzene rings is 2. The molecule has 0 aliphatic carbocycles. The zero-order valence-corrected chi connectivity index (χ0v) is 15.9. The highest BCUT2D eigenvalue weighted by atomic mass is 35.5. The summed E-state index contributed by atoms with van der Waals surface area (Å²) in [5.41, 5.74) is 1.76. The van der Waals surface area contributed by atoms with Crippen LogP contribution in [0.3, 0.4) is 0 Å². The van der Waals surface area contributed by atoms with Gasteiger partial charge in [0.2, 0.25) is 5.91 Å². The number of thioether (sulfide) groups is 1. The van der Waals surface area contributed by atoms with E-state index < -0.39 is 0 Å². The molecule has 1 amide bonds. The molecule has 0 aliphatic heterocycles. The molecule has 0 unspecified atom stereocenters. The van der Waals surface area contributed by atoms with Gasteiger partial charge in [-0.2, -0.15) is 0 Å². The number of nitrogens with one attached hydrogen (secondary N) is 1. The zero-order valence-electron chi connectivity index (χ0n) is 14.3. The van der Waals surface area contributed by atoms with Crippen molar-refractivity contribution < 1.29 is 14.3 Å². The molecule has 1 N–H and O–H groups in total. The summed E-state index contributed by atoms with van der Waals surface area (Å²) >= 11 is 7.31. The Bertz CT molecular complexity index is 762. The number of amides is 1. The lowest BCUT2D eigenvalue weighted by Gasteiger charge is -2.15. The highest BCUT2D eigenvalue weighted by molar-refractivity contribution is 8.00. The van der Waals surface area contributed by atoms with Crippen LogP contribution in [0.1, 0.15) is 29.8 Å². The number of carbonyl (C=O) groups excluding carboxylic acids is 2. The van der Waals surface area contributed by atoms with E-state index in [2.05, 4.69) is 5.32 Å². The lowest BCUT2D eigenvalue weighted by atomic mass is 10.1. The SMILES string of the molecule is CCOC(=O)c1cccc(NC(=O)[C@H](C)Sc2ccc(Cl)cc2)c1C. The van der Waals surface area contributed by atoms with Crippen molar-refractivity contribution in [3.63, 3.8) is 0 Å². The summed E-state index contributed by atoms with van der Waals surface area (Å²) in [4.78, 5) is 25.4. The second-order valence-corrected chi connectivity index (χ2v) is 7.25. The second kappa shape index (κ2) is 8.92. The Kier molecular flexibility index (Phi) is 6.91. The van der Waals surface area contributed by atoms with Gasteiger partial charge in [-0.3, -0.25) is 4.79 Å². The topological polar surface area (TPSA) is 55.4 Å². The molecule has 0 fully saturated rings. The smallest absolute Gasteiger partial charge is 0.338 e. The van der Waals surface area contributed by atoms with E-state index in [4.69, 9.17) is 16.3 Å². The molecule has 0 saturated heterocycles. The number of esters is 1. The molecule has 6 heteroatoms. The number of hydrogen-bond donors (Lipinski definition) is 1. The van der Waals surface area contributed by atoms with Gasteiger partial charge in [-0.15, -0.1) is 11.8 Å².